The number of carbonyl (C=O) groups is 2. The Balaban J connectivity index is 0.000000801. The van der Waals surface area contributed by atoms with Crippen LogP contribution in [0, 0.1) is 0 Å². The number of aliphatic hydroxyl groups excluding tert-OH is 1. The number of ether oxygens (including phenoxy) is 3. The van der Waals surface area contributed by atoms with Crippen molar-refractivity contribution < 1.29 is 44.0 Å². The van der Waals surface area contributed by atoms with Gasteiger partial charge in [-0.15, -0.1) is 0 Å². The van der Waals surface area contributed by atoms with E-state index in [0.29, 0.717) is 23.8 Å². The number of para-hydroxylation sites is 1. The number of aliphatic hydroxyl groups is 1. The van der Waals surface area contributed by atoms with Crippen molar-refractivity contribution >= 4 is 18.0 Å². The Morgan fingerprint density at radius 2 is 1.70 bits per heavy atom. The largest absolute Gasteiger partial charge is 0.539 e. The van der Waals surface area contributed by atoms with Crippen LogP contribution in [0.3, 0.4) is 0 Å². The van der Waals surface area contributed by atoms with Crippen molar-refractivity contribution in [2.45, 2.75) is 13.0 Å². The number of likely N-dealkylation sites (N-methyl/N-ethyl adjacent to an activating group) is 1. The fourth-order valence-electron chi connectivity index (χ4n) is 2.85. The summed E-state index contributed by atoms with van der Waals surface area (Å²) in [6.45, 7) is 4.71. The van der Waals surface area contributed by atoms with E-state index in [4.69, 9.17) is 34.0 Å². The predicted octanol–water partition coefficient (Wildman–Crippen LogP) is -0.117. The minimum Gasteiger partial charge on any atom is -0.539 e. The number of hydrogen-bond acceptors (Lipinski definition) is 7. The molecule has 3 N–H and O–H groups in total. The fourth-order valence-corrected chi connectivity index (χ4v) is 2.85. The summed E-state index contributed by atoms with van der Waals surface area (Å²) in [5, 5.41) is 26.7. The molecule has 2 rings (SSSR count). The summed E-state index contributed by atoms with van der Waals surface area (Å²) in [7, 11) is 3.16. The first-order chi connectivity index (χ1) is 15.8. The SMILES string of the molecule is CC[NH+](C/C=C/c1ccccc1)CC(O)COc1cccc(OC)c1OC.O=C([O-])C(=O)O. The van der Waals surface area contributed by atoms with Gasteiger partial charge in [0, 0.05) is 0 Å². The maximum atomic E-state index is 10.4. The zero-order valence-electron chi connectivity index (χ0n) is 19.0. The zero-order valence-corrected chi connectivity index (χ0v) is 19.0. The van der Waals surface area contributed by atoms with Gasteiger partial charge in [0.1, 0.15) is 19.3 Å². The minimum atomic E-state index is -2.07. The minimum absolute atomic E-state index is 0.204. The number of rotatable bonds is 11. The molecule has 0 aromatic heterocycles. The second-order valence-corrected chi connectivity index (χ2v) is 6.87. The molecule has 0 amide bonds. The zero-order chi connectivity index (χ0) is 24.6. The van der Waals surface area contributed by atoms with Crippen LogP contribution in [0.25, 0.3) is 6.08 Å². The van der Waals surface area contributed by atoms with E-state index >= 15 is 0 Å². The second kappa shape index (κ2) is 15.3. The maximum absolute atomic E-state index is 10.4. The van der Waals surface area contributed by atoms with Gasteiger partial charge in [-0.05, 0) is 30.7 Å². The van der Waals surface area contributed by atoms with E-state index in [9.17, 15) is 5.11 Å². The van der Waals surface area contributed by atoms with Crippen LogP contribution in [0.4, 0.5) is 0 Å². The number of carboxylic acids is 2. The van der Waals surface area contributed by atoms with Crippen LogP contribution in [0.2, 0.25) is 0 Å². The lowest BCUT2D eigenvalue weighted by Gasteiger charge is -2.20. The van der Waals surface area contributed by atoms with Gasteiger partial charge in [0.15, 0.2) is 17.5 Å². The average molecular weight is 462 g/mol. The summed E-state index contributed by atoms with van der Waals surface area (Å²) in [6.07, 6.45) is 3.69. The predicted molar refractivity (Wildman–Crippen MR) is 120 cm³/mol. The molecule has 2 aromatic rings. The van der Waals surface area contributed by atoms with Gasteiger partial charge in [-0.25, -0.2) is 4.79 Å². The molecule has 0 saturated heterocycles. The lowest BCUT2D eigenvalue weighted by molar-refractivity contribution is -0.895. The van der Waals surface area contributed by atoms with Gasteiger partial charge in [-0.3, -0.25) is 0 Å². The van der Waals surface area contributed by atoms with Crippen LogP contribution in [0.1, 0.15) is 12.5 Å². The molecule has 0 aliphatic carbocycles. The highest BCUT2D eigenvalue weighted by atomic mass is 16.5. The Morgan fingerprint density at radius 3 is 2.24 bits per heavy atom. The summed E-state index contributed by atoms with van der Waals surface area (Å²) >= 11 is 0. The molecule has 2 unspecified atom stereocenters. The summed E-state index contributed by atoms with van der Waals surface area (Å²) in [6, 6.07) is 15.7. The van der Waals surface area contributed by atoms with Crippen LogP contribution >= 0.6 is 0 Å². The fraction of sp³-hybridized carbons (Fsp3) is 0.333. The van der Waals surface area contributed by atoms with Gasteiger partial charge >= 0.3 is 5.97 Å². The van der Waals surface area contributed by atoms with Crippen molar-refractivity contribution in [2.75, 3.05) is 40.5 Å². The summed E-state index contributed by atoms with van der Waals surface area (Å²) in [5.74, 6) is -2.29. The van der Waals surface area contributed by atoms with Gasteiger partial charge in [-0.2, -0.15) is 0 Å². The van der Waals surface area contributed by atoms with Gasteiger partial charge in [0.25, 0.3) is 0 Å². The summed E-state index contributed by atoms with van der Waals surface area (Å²) in [5.41, 5.74) is 1.18. The molecular formula is C24H31NO8. The van der Waals surface area contributed by atoms with Gasteiger partial charge in [-0.1, -0.05) is 42.5 Å². The third-order valence-electron chi connectivity index (χ3n) is 4.51. The van der Waals surface area contributed by atoms with E-state index < -0.39 is 18.0 Å². The van der Waals surface area contributed by atoms with Crippen molar-refractivity contribution in [1.82, 2.24) is 0 Å². The van der Waals surface area contributed by atoms with Gasteiger partial charge < -0.3 is 39.2 Å². The number of hydrogen-bond donors (Lipinski definition) is 3. The Kier molecular flexibility index (Phi) is 12.7. The smallest absolute Gasteiger partial charge is 0.351 e. The first-order valence-corrected chi connectivity index (χ1v) is 10.3. The number of benzene rings is 2. The molecule has 0 heterocycles. The molecule has 0 spiro atoms. The van der Waals surface area contributed by atoms with Crippen molar-refractivity contribution in [3.05, 3.63) is 60.2 Å². The highest BCUT2D eigenvalue weighted by Crippen LogP contribution is 2.36. The van der Waals surface area contributed by atoms with Crippen LogP contribution in [-0.4, -0.2) is 68.7 Å². The molecule has 9 heteroatoms. The maximum Gasteiger partial charge on any atom is 0.351 e. The molecule has 2 aromatic carbocycles. The van der Waals surface area contributed by atoms with Crippen LogP contribution in [0.15, 0.2) is 54.6 Å². The summed E-state index contributed by atoms with van der Waals surface area (Å²) in [4.78, 5) is 19.3. The number of carboxylic acid groups (broad SMARTS) is 2. The molecule has 2 atom stereocenters. The van der Waals surface area contributed by atoms with E-state index in [0.717, 1.165) is 13.1 Å². The highest BCUT2D eigenvalue weighted by Gasteiger charge is 2.16. The number of carbonyl (C=O) groups excluding carboxylic acids is 1. The van der Waals surface area contributed by atoms with E-state index in [1.54, 1.807) is 20.3 Å². The average Bonchev–Trinajstić information content (AvgIpc) is 2.82. The molecule has 0 aliphatic heterocycles. The molecule has 180 valence electrons. The third-order valence-corrected chi connectivity index (χ3v) is 4.51. The van der Waals surface area contributed by atoms with Crippen molar-refractivity contribution in [2.24, 2.45) is 0 Å². The number of aliphatic carboxylic acids is 2. The van der Waals surface area contributed by atoms with E-state index in [1.807, 2.05) is 30.3 Å². The number of quaternary nitrogens is 1. The van der Waals surface area contributed by atoms with E-state index in [-0.39, 0.29) is 6.61 Å². The lowest BCUT2D eigenvalue weighted by atomic mass is 10.2. The highest BCUT2D eigenvalue weighted by molar-refractivity contribution is 6.26. The summed E-state index contributed by atoms with van der Waals surface area (Å²) < 4.78 is 16.4. The van der Waals surface area contributed by atoms with Crippen LogP contribution < -0.4 is 24.2 Å². The Morgan fingerprint density at radius 1 is 1.06 bits per heavy atom. The quantitative estimate of drug-likeness (QED) is 0.395. The van der Waals surface area contributed by atoms with Crippen LogP contribution in [0.5, 0.6) is 17.2 Å². The van der Waals surface area contributed by atoms with Crippen molar-refractivity contribution in [3.8, 4) is 17.2 Å². The monoisotopic (exact) mass is 461 g/mol. The number of methoxy groups -OCH3 is 2. The molecule has 0 fully saturated rings. The standard InChI is InChI=1S/C22H29NO4.C2H2O4/c1-4-23(15-9-12-18-10-6-5-7-11-18)16-19(24)17-27-21-14-8-13-20(25-2)22(21)26-3;3-1(4)2(5)6/h5-14,19,24H,4,15-17H2,1-3H3;(H,3,4)(H,5,6)/b12-9+;. The van der Waals surface area contributed by atoms with Gasteiger partial charge in [0.05, 0.1) is 27.3 Å². The second-order valence-electron chi connectivity index (χ2n) is 6.87. The Hall–Kier alpha value is -3.56. The first kappa shape index (κ1) is 27.5. The van der Waals surface area contributed by atoms with Gasteiger partial charge in [0.2, 0.25) is 5.75 Å². The first-order valence-electron chi connectivity index (χ1n) is 10.3. The molecule has 0 bridgehead atoms. The van der Waals surface area contributed by atoms with E-state index in [2.05, 4.69) is 31.2 Å². The molecule has 0 saturated carbocycles. The molecule has 0 aliphatic rings. The molecule has 0 radical (unpaired) electrons. The molecular weight excluding hydrogens is 430 g/mol. The van der Waals surface area contributed by atoms with Crippen molar-refractivity contribution in [1.29, 1.82) is 0 Å². The molecule has 33 heavy (non-hydrogen) atoms. The van der Waals surface area contributed by atoms with Crippen LogP contribution in [-0.2, 0) is 9.59 Å². The Labute approximate surface area is 193 Å². The molecule has 9 nitrogen and oxygen atoms in total. The Bertz CT molecular complexity index is 873. The topological polar surface area (TPSA) is 130 Å². The lowest BCUT2D eigenvalue weighted by Crippen LogP contribution is -3.12. The van der Waals surface area contributed by atoms with E-state index in [1.165, 1.54) is 10.5 Å². The van der Waals surface area contributed by atoms with Crippen molar-refractivity contribution in [3.63, 3.8) is 0 Å². The third kappa shape index (κ3) is 10.5. The number of nitrogens with one attached hydrogen (secondary N) is 1. The normalized spacial score (nSPS) is 12.2.